The molecule has 2 aromatic rings. The van der Waals surface area contributed by atoms with Crippen molar-refractivity contribution in [2.24, 2.45) is 4.99 Å². The van der Waals surface area contributed by atoms with Gasteiger partial charge in [0.2, 0.25) is 5.90 Å². The third-order valence-electron chi connectivity index (χ3n) is 5.21. The molecule has 0 unspecified atom stereocenters. The molecule has 1 amide bonds. The SMILES string of the molecule is CCOC1=N[C@@](C)(Cc2ccccc2)C(=O)N([C@H](C)c2ccccc2)[C@@H]1C. The van der Waals surface area contributed by atoms with Crippen molar-refractivity contribution in [2.45, 2.75) is 51.7 Å². The summed E-state index contributed by atoms with van der Waals surface area (Å²) in [4.78, 5) is 20.3. The molecule has 0 saturated heterocycles. The molecule has 0 aliphatic carbocycles. The van der Waals surface area contributed by atoms with Crippen LogP contribution in [0.15, 0.2) is 65.7 Å². The zero-order chi connectivity index (χ0) is 19.4. The van der Waals surface area contributed by atoms with Gasteiger partial charge in [-0.25, -0.2) is 4.99 Å². The smallest absolute Gasteiger partial charge is 0.251 e. The molecule has 1 heterocycles. The van der Waals surface area contributed by atoms with Crippen molar-refractivity contribution in [2.75, 3.05) is 6.61 Å². The highest BCUT2D eigenvalue weighted by Gasteiger charge is 2.46. The van der Waals surface area contributed by atoms with Crippen molar-refractivity contribution < 1.29 is 9.53 Å². The Labute approximate surface area is 161 Å². The van der Waals surface area contributed by atoms with Crippen LogP contribution in [0.25, 0.3) is 0 Å². The number of carbonyl (C=O) groups is 1. The Hall–Kier alpha value is -2.62. The highest BCUT2D eigenvalue weighted by Crippen LogP contribution is 2.33. The first kappa shape index (κ1) is 19.2. The molecule has 0 aromatic heterocycles. The number of aliphatic imine (C=N–C) groups is 1. The van der Waals surface area contributed by atoms with Gasteiger partial charge >= 0.3 is 0 Å². The molecule has 0 bridgehead atoms. The Morgan fingerprint density at radius 1 is 1.11 bits per heavy atom. The second kappa shape index (κ2) is 7.95. The normalized spacial score (nSPS) is 23.7. The van der Waals surface area contributed by atoms with Crippen molar-refractivity contribution in [3.8, 4) is 0 Å². The first-order valence-electron chi connectivity index (χ1n) is 9.60. The molecule has 0 saturated carbocycles. The average Bonchev–Trinajstić information content (AvgIpc) is 2.68. The Balaban J connectivity index is 2.00. The molecule has 3 atom stereocenters. The topological polar surface area (TPSA) is 41.9 Å². The lowest BCUT2D eigenvalue weighted by Crippen LogP contribution is -2.58. The standard InChI is InChI=1S/C23H28N2O2/c1-5-27-21-18(3)25(17(2)20-14-10-7-11-15-20)22(26)23(4,24-21)16-19-12-8-6-9-13-19/h6-15,17-18H,5,16H2,1-4H3/t17-,18-,23+/m1/s1. The van der Waals surface area contributed by atoms with E-state index in [2.05, 4.69) is 19.1 Å². The van der Waals surface area contributed by atoms with E-state index in [9.17, 15) is 4.79 Å². The summed E-state index contributed by atoms with van der Waals surface area (Å²) in [5.74, 6) is 0.678. The molecular formula is C23H28N2O2. The van der Waals surface area contributed by atoms with Gasteiger partial charge in [0.25, 0.3) is 5.91 Å². The molecule has 3 rings (SSSR count). The molecule has 1 aliphatic rings. The van der Waals surface area contributed by atoms with Crippen LogP contribution < -0.4 is 0 Å². The quantitative estimate of drug-likeness (QED) is 0.788. The number of amides is 1. The van der Waals surface area contributed by atoms with Crippen LogP contribution in [0.2, 0.25) is 0 Å². The molecule has 0 radical (unpaired) electrons. The van der Waals surface area contributed by atoms with Gasteiger partial charge in [-0.2, -0.15) is 0 Å². The molecule has 0 spiro atoms. The Morgan fingerprint density at radius 3 is 2.30 bits per heavy atom. The average molecular weight is 364 g/mol. The van der Waals surface area contributed by atoms with Gasteiger partial charge in [0.15, 0.2) is 0 Å². The predicted octanol–water partition coefficient (Wildman–Crippen LogP) is 4.41. The Kier molecular flexibility index (Phi) is 5.64. The monoisotopic (exact) mass is 364 g/mol. The van der Waals surface area contributed by atoms with E-state index in [4.69, 9.17) is 9.73 Å². The van der Waals surface area contributed by atoms with E-state index in [0.29, 0.717) is 18.9 Å². The lowest BCUT2D eigenvalue weighted by Gasteiger charge is -2.44. The first-order valence-corrected chi connectivity index (χ1v) is 9.60. The van der Waals surface area contributed by atoms with Gasteiger partial charge in [-0.1, -0.05) is 60.7 Å². The zero-order valence-corrected chi connectivity index (χ0v) is 16.6. The molecular weight excluding hydrogens is 336 g/mol. The predicted molar refractivity (Wildman–Crippen MR) is 109 cm³/mol. The summed E-state index contributed by atoms with van der Waals surface area (Å²) in [5.41, 5.74) is 1.33. The van der Waals surface area contributed by atoms with Crippen LogP contribution in [-0.2, 0) is 16.0 Å². The molecule has 27 heavy (non-hydrogen) atoms. The van der Waals surface area contributed by atoms with E-state index < -0.39 is 5.54 Å². The van der Waals surface area contributed by atoms with Gasteiger partial charge in [-0.3, -0.25) is 4.79 Å². The van der Waals surface area contributed by atoms with Crippen LogP contribution >= 0.6 is 0 Å². The Bertz CT molecular complexity index is 804. The highest BCUT2D eigenvalue weighted by atomic mass is 16.5. The van der Waals surface area contributed by atoms with E-state index in [0.717, 1.165) is 11.1 Å². The van der Waals surface area contributed by atoms with Gasteiger partial charge in [0, 0.05) is 6.42 Å². The van der Waals surface area contributed by atoms with Crippen molar-refractivity contribution in [3.63, 3.8) is 0 Å². The zero-order valence-electron chi connectivity index (χ0n) is 16.6. The van der Waals surface area contributed by atoms with Crippen LogP contribution in [0, 0.1) is 0 Å². The van der Waals surface area contributed by atoms with E-state index in [1.54, 1.807) is 0 Å². The van der Waals surface area contributed by atoms with Crippen molar-refractivity contribution in [1.82, 2.24) is 4.90 Å². The molecule has 0 N–H and O–H groups in total. The van der Waals surface area contributed by atoms with Gasteiger partial charge in [0.05, 0.1) is 12.6 Å². The van der Waals surface area contributed by atoms with E-state index in [1.807, 2.05) is 74.2 Å². The number of benzene rings is 2. The van der Waals surface area contributed by atoms with Crippen molar-refractivity contribution >= 4 is 11.8 Å². The van der Waals surface area contributed by atoms with Crippen molar-refractivity contribution in [3.05, 3.63) is 71.8 Å². The molecule has 0 fully saturated rings. The summed E-state index contributed by atoms with van der Waals surface area (Å²) >= 11 is 0. The lowest BCUT2D eigenvalue weighted by molar-refractivity contribution is -0.141. The van der Waals surface area contributed by atoms with Crippen LogP contribution in [0.1, 0.15) is 44.9 Å². The third-order valence-corrected chi connectivity index (χ3v) is 5.21. The number of carbonyl (C=O) groups excluding carboxylic acids is 1. The van der Waals surface area contributed by atoms with E-state index in [1.165, 1.54) is 0 Å². The minimum absolute atomic E-state index is 0.0404. The van der Waals surface area contributed by atoms with Crippen LogP contribution in [0.5, 0.6) is 0 Å². The van der Waals surface area contributed by atoms with E-state index in [-0.39, 0.29) is 18.0 Å². The molecule has 4 heteroatoms. The van der Waals surface area contributed by atoms with Gasteiger partial charge in [0.1, 0.15) is 11.6 Å². The largest absolute Gasteiger partial charge is 0.480 e. The first-order chi connectivity index (χ1) is 13.0. The lowest BCUT2D eigenvalue weighted by atomic mass is 9.88. The molecule has 2 aromatic carbocycles. The van der Waals surface area contributed by atoms with Gasteiger partial charge in [-0.05, 0) is 38.8 Å². The molecule has 142 valence electrons. The molecule has 1 aliphatic heterocycles. The maximum atomic E-state index is 13.6. The fourth-order valence-corrected chi connectivity index (χ4v) is 3.77. The third kappa shape index (κ3) is 3.90. The second-order valence-electron chi connectivity index (χ2n) is 7.29. The number of ether oxygens (including phenoxy) is 1. The number of hydrogen-bond donors (Lipinski definition) is 0. The fraction of sp³-hybridized carbons (Fsp3) is 0.391. The maximum Gasteiger partial charge on any atom is 0.251 e. The van der Waals surface area contributed by atoms with Gasteiger partial charge < -0.3 is 9.64 Å². The van der Waals surface area contributed by atoms with Gasteiger partial charge in [-0.15, -0.1) is 0 Å². The summed E-state index contributed by atoms with van der Waals surface area (Å²) in [6.07, 6.45) is 0.550. The Morgan fingerprint density at radius 2 is 1.70 bits per heavy atom. The van der Waals surface area contributed by atoms with Crippen molar-refractivity contribution in [1.29, 1.82) is 0 Å². The number of rotatable bonds is 5. The van der Waals surface area contributed by atoms with Crippen LogP contribution in [0.3, 0.4) is 0 Å². The maximum absolute atomic E-state index is 13.6. The summed E-state index contributed by atoms with van der Waals surface area (Å²) < 4.78 is 5.85. The summed E-state index contributed by atoms with van der Waals surface area (Å²) in [6, 6.07) is 19.9. The summed E-state index contributed by atoms with van der Waals surface area (Å²) in [6.45, 7) is 8.46. The summed E-state index contributed by atoms with van der Waals surface area (Å²) in [5, 5.41) is 0. The summed E-state index contributed by atoms with van der Waals surface area (Å²) in [7, 11) is 0. The molecule has 4 nitrogen and oxygen atoms in total. The number of nitrogens with zero attached hydrogens (tertiary/aromatic N) is 2. The minimum Gasteiger partial charge on any atom is -0.480 e. The van der Waals surface area contributed by atoms with E-state index >= 15 is 0 Å². The fourth-order valence-electron chi connectivity index (χ4n) is 3.77. The van der Waals surface area contributed by atoms with Crippen LogP contribution in [-0.4, -0.2) is 34.9 Å². The highest BCUT2D eigenvalue weighted by molar-refractivity contribution is 5.98. The minimum atomic E-state index is -0.874. The number of hydrogen-bond acceptors (Lipinski definition) is 3. The second-order valence-corrected chi connectivity index (χ2v) is 7.29. The van der Waals surface area contributed by atoms with Crippen LogP contribution in [0.4, 0.5) is 0 Å².